The summed E-state index contributed by atoms with van der Waals surface area (Å²) < 4.78 is 28.8. The Morgan fingerprint density at radius 2 is 1.91 bits per heavy atom. The first kappa shape index (κ1) is 18.0. The van der Waals surface area contributed by atoms with E-state index < -0.39 is 10.0 Å². The van der Waals surface area contributed by atoms with E-state index in [2.05, 4.69) is 23.7 Å². The molecular formula is C16H22ClN3O2S. The molecule has 7 heteroatoms. The van der Waals surface area contributed by atoms with Crippen LogP contribution in [0.25, 0.3) is 0 Å². The van der Waals surface area contributed by atoms with Crippen LogP contribution in [0.5, 0.6) is 0 Å². The molecule has 0 aliphatic carbocycles. The summed E-state index contributed by atoms with van der Waals surface area (Å²) >= 11 is 5.93. The van der Waals surface area contributed by atoms with Crippen LogP contribution in [0.4, 0.5) is 0 Å². The van der Waals surface area contributed by atoms with E-state index in [1.165, 1.54) is 0 Å². The van der Waals surface area contributed by atoms with E-state index in [-0.39, 0.29) is 0 Å². The standard InChI is InChI=1S/C16H22ClN3O2S/c1-12(2)14-5-7-15(8-6-14)23(21,22)18-9-4-10-20-11-16(17)13(3)19-20/h5-8,11-12,18H,4,9-10H2,1-3H3. The number of rotatable bonds is 7. The van der Waals surface area contributed by atoms with Gasteiger partial charge in [0.1, 0.15) is 0 Å². The molecule has 0 fully saturated rings. The van der Waals surface area contributed by atoms with Crippen molar-refractivity contribution in [3.8, 4) is 0 Å². The predicted molar refractivity (Wildman–Crippen MR) is 92.3 cm³/mol. The van der Waals surface area contributed by atoms with Crippen molar-refractivity contribution in [3.63, 3.8) is 0 Å². The van der Waals surface area contributed by atoms with Gasteiger partial charge in [0.05, 0.1) is 15.6 Å². The summed E-state index contributed by atoms with van der Waals surface area (Å²) in [6.45, 7) is 6.95. The third-order valence-corrected chi connectivity index (χ3v) is 5.45. The highest BCUT2D eigenvalue weighted by atomic mass is 35.5. The minimum absolute atomic E-state index is 0.292. The largest absolute Gasteiger partial charge is 0.271 e. The second-order valence-corrected chi connectivity index (χ2v) is 7.97. The van der Waals surface area contributed by atoms with Crippen molar-refractivity contribution < 1.29 is 8.42 Å². The third kappa shape index (κ3) is 4.80. The Kier molecular flexibility index (Phi) is 5.84. The fraction of sp³-hybridized carbons (Fsp3) is 0.438. The molecule has 0 aliphatic rings. The zero-order chi connectivity index (χ0) is 17.0. The van der Waals surface area contributed by atoms with Crippen LogP contribution in [0, 0.1) is 6.92 Å². The molecule has 0 aliphatic heterocycles. The first-order valence-corrected chi connectivity index (χ1v) is 9.45. The molecular weight excluding hydrogens is 334 g/mol. The van der Waals surface area contributed by atoms with E-state index in [1.54, 1.807) is 23.0 Å². The van der Waals surface area contributed by atoms with Crippen molar-refractivity contribution in [1.29, 1.82) is 0 Å². The van der Waals surface area contributed by atoms with Gasteiger partial charge in [-0.25, -0.2) is 13.1 Å². The number of aromatic nitrogens is 2. The quantitative estimate of drug-likeness (QED) is 0.775. The van der Waals surface area contributed by atoms with Crippen LogP contribution in [0.1, 0.15) is 37.4 Å². The SMILES string of the molecule is Cc1nn(CCCNS(=O)(=O)c2ccc(C(C)C)cc2)cc1Cl. The number of halogens is 1. The number of nitrogens with zero attached hydrogens (tertiary/aromatic N) is 2. The average Bonchev–Trinajstić information content (AvgIpc) is 2.82. The highest BCUT2D eigenvalue weighted by Crippen LogP contribution is 2.17. The van der Waals surface area contributed by atoms with Crippen LogP contribution >= 0.6 is 11.6 Å². The smallest absolute Gasteiger partial charge is 0.240 e. The molecule has 0 saturated heterocycles. The second-order valence-electron chi connectivity index (χ2n) is 5.80. The highest BCUT2D eigenvalue weighted by molar-refractivity contribution is 7.89. The van der Waals surface area contributed by atoms with Crippen LogP contribution in [0.2, 0.25) is 5.02 Å². The van der Waals surface area contributed by atoms with Gasteiger partial charge in [-0.1, -0.05) is 37.6 Å². The fourth-order valence-corrected chi connectivity index (χ4v) is 3.40. The van der Waals surface area contributed by atoms with Gasteiger partial charge in [-0.3, -0.25) is 4.68 Å². The Labute approximate surface area is 142 Å². The molecule has 2 aromatic rings. The second kappa shape index (κ2) is 7.47. The molecule has 2 rings (SSSR count). The molecule has 0 saturated carbocycles. The van der Waals surface area contributed by atoms with Gasteiger partial charge >= 0.3 is 0 Å². The number of hydrogen-bond donors (Lipinski definition) is 1. The van der Waals surface area contributed by atoms with E-state index in [0.29, 0.717) is 35.3 Å². The molecule has 0 atom stereocenters. The molecule has 0 amide bonds. The van der Waals surface area contributed by atoms with Gasteiger partial charge in [0.2, 0.25) is 10.0 Å². The number of sulfonamides is 1. The van der Waals surface area contributed by atoms with Gasteiger partial charge in [0, 0.05) is 19.3 Å². The number of benzene rings is 1. The monoisotopic (exact) mass is 355 g/mol. The van der Waals surface area contributed by atoms with Crippen molar-refractivity contribution in [3.05, 3.63) is 46.7 Å². The molecule has 1 heterocycles. The van der Waals surface area contributed by atoms with Crippen molar-refractivity contribution >= 4 is 21.6 Å². The van der Waals surface area contributed by atoms with Crippen molar-refractivity contribution in [2.24, 2.45) is 0 Å². The lowest BCUT2D eigenvalue weighted by molar-refractivity contribution is 0.551. The maximum absolute atomic E-state index is 12.2. The van der Waals surface area contributed by atoms with E-state index in [0.717, 1.165) is 11.3 Å². The first-order chi connectivity index (χ1) is 10.8. The lowest BCUT2D eigenvalue weighted by atomic mass is 10.0. The van der Waals surface area contributed by atoms with E-state index in [4.69, 9.17) is 11.6 Å². The van der Waals surface area contributed by atoms with Gasteiger partial charge in [-0.2, -0.15) is 5.10 Å². The number of aryl methyl sites for hydroxylation is 2. The van der Waals surface area contributed by atoms with Crippen LogP contribution in [-0.4, -0.2) is 24.7 Å². The van der Waals surface area contributed by atoms with Crippen molar-refractivity contribution in [2.45, 2.75) is 44.6 Å². The Balaban J connectivity index is 1.88. The first-order valence-electron chi connectivity index (χ1n) is 7.59. The minimum atomic E-state index is -3.47. The molecule has 23 heavy (non-hydrogen) atoms. The molecule has 5 nitrogen and oxygen atoms in total. The van der Waals surface area contributed by atoms with Gasteiger partial charge in [-0.05, 0) is 37.0 Å². The fourth-order valence-electron chi connectivity index (χ4n) is 2.17. The Hall–Kier alpha value is -1.37. The summed E-state index contributed by atoms with van der Waals surface area (Å²) in [7, 11) is -3.47. The van der Waals surface area contributed by atoms with Gasteiger partial charge in [0.15, 0.2) is 0 Å². The summed E-state index contributed by atoms with van der Waals surface area (Å²) in [4.78, 5) is 0.292. The van der Waals surface area contributed by atoms with Crippen molar-refractivity contribution in [1.82, 2.24) is 14.5 Å². The lowest BCUT2D eigenvalue weighted by Crippen LogP contribution is -2.25. The number of hydrogen-bond acceptors (Lipinski definition) is 3. The predicted octanol–water partition coefficient (Wildman–Crippen LogP) is 3.34. The summed E-state index contributed by atoms with van der Waals surface area (Å²) in [6.07, 6.45) is 2.39. The summed E-state index contributed by atoms with van der Waals surface area (Å²) in [5, 5.41) is 4.86. The van der Waals surface area contributed by atoms with Crippen LogP contribution in [-0.2, 0) is 16.6 Å². The molecule has 0 spiro atoms. The zero-order valence-electron chi connectivity index (χ0n) is 13.6. The average molecular weight is 356 g/mol. The molecule has 0 radical (unpaired) electrons. The molecule has 0 unspecified atom stereocenters. The summed E-state index contributed by atoms with van der Waals surface area (Å²) in [5.41, 5.74) is 1.90. The Morgan fingerprint density at radius 3 is 2.43 bits per heavy atom. The Morgan fingerprint density at radius 1 is 1.26 bits per heavy atom. The Bertz CT molecular complexity index is 733. The van der Waals surface area contributed by atoms with E-state index in [9.17, 15) is 8.42 Å². The normalized spacial score (nSPS) is 12.0. The summed E-state index contributed by atoms with van der Waals surface area (Å²) in [6, 6.07) is 7.00. The third-order valence-electron chi connectivity index (χ3n) is 3.60. The molecule has 0 bridgehead atoms. The van der Waals surface area contributed by atoms with Crippen molar-refractivity contribution in [2.75, 3.05) is 6.54 Å². The van der Waals surface area contributed by atoms with Gasteiger partial charge in [-0.15, -0.1) is 0 Å². The molecule has 126 valence electrons. The zero-order valence-corrected chi connectivity index (χ0v) is 15.2. The minimum Gasteiger partial charge on any atom is -0.271 e. The lowest BCUT2D eigenvalue weighted by Gasteiger charge is -2.09. The van der Waals surface area contributed by atoms with E-state index in [1.807, 2.05) is 19.1 Å². The topological polar surface area (TPSA) is 64.0 Å². The number of nitrogens with one attached hydrogen (secondary N) is 1. The molecule has 1 N–H and O–H groups in total. The van der Waals surface area contributed by atoms with E-state index >= 15 is 0 Å². The molecule has 1 aromatic carbocycles. The maximum atomic E-state index is 12.2. The molecule has 1 aromatic heterocycles. The van der Waals surface area contributed by atoms with Gasteiger partial charge < -0.3 is 0 Å². The maximum Gasteiger partial charge on any atom is 0.240 e. The van der Waals surface area contributed by atoms with Crippen LogP contribution in [0.15, 0.2) is 35.4 Å². The van der Waals surface area contributed by atoms with Crippen LogP contribution < -0.4 is 4.72 Å². The summed E-state index contributed by atoms with van der Waals surface area (Å²) in [5.74, 6) is 0.379. The highest BCUT2D eigenvalue weighted by Gasteiger charge is 2.13. The van der Waals surface area contributed by atoms with Crippen LogP contribution in [0.3, 0.4) is 0 Å². The van der Waals surface area contributed by atoms with Gasteiger partial charge in [0.25, 0.3) is 0 Å².